The first kappa shape index (κ1) is 12.7. The molecule has 4 nitrogen and oxygen atoms in total. The molecular formula is C14H19N3OS. The number of thiocarbonyl (C=S) groups is 1. The molecule has 0 aromatic heterocycles. The average molecular weight is 277 g/mol. The van der Waals surface area contributed by atoms with Crippen LogP contribution in [-0.2, 0) is 4.74 Å². The van der Waals surface area contributed by atoms with Crippen molar-refractivity contribution in [2.45, 2.75) is 18.9 Å². The van der Waals surface area contributed by atoms with Crippen molar-refractivity contribution in [3.63, 3.8) is 0 Å². The minimum Gasteiger partial charge on any atom is -0.378 e. The average Bonchev–Trinajstić information content (AvgIpc) is 3.24. The van der Waals surface area contributed by atoms with Crippen molar-refractivity contribution >= 4 is 28.7 Å². The summed E-state index contributed by atoms with van der Waals surface area (Å²) in [4.78, 5) is 2.34. The molecule has 1 saturated heterocycles. The maximum atomic E-state index is 5.36. The van der Waals surface area contributed by atoms with Crippen molar-refractivity contribution < 1.29 is 4.74 Å². The molecule has 0 radical (unpaired) electrons. The Morgan fingerprint density at radius 1 is 1.16 bits per heavy atom. The van der Waals surface area contributed by atoms with E-state index < -0.39 is 0 Å². The van der Waals surface area contributed by atoms with E-state index in [4.69, 9.17) is 17.0 Å². The second-order valence-corrected chi connectivity index (χ2v) is 5.43. The van der Waals surface area contributed by atoms with Crippen LogP contribution in [0.4, 0.5) is 11.4 Å². The van der Waals surface area contributed by atoms with Crippen LogP contribution in [0.15, 0.2) is 24.3 Å². The maximum absolute atomic E-state index is 5.36. The smallest absolute Gasteiger partial charge is 0.170 e. The van der Waals surface area contributed by atoms with Gasteiger partial charge in [-0.1, -0.05) is 0 Å². The van der Waals surface area contributed by atoms with Gasteiger partial charge in [0, 0.05) is 30.5 Å². The molecule has 2 N–H and O–H groups in total. The Morgan fingerprint density at radius 2 is 1.84 bits per heavy atom. The highest BCUT2D eigenvalue weighted by Crippen LogP contribution is 2.20. The Labute approximate surface area is 119 Å². The largest absolute Gasteiger partial charge is 0.378 e. The van der Waals surface area contributed by atoms with Crippen LogP contribution < -0.4 is 15.5 Å². The monoisotopic (exact) mass is 277 g/mol. The van der Waals surface area contributed by atoms with Crippen molar-refractivity contribution in [2.24, 2.45) is 0 Å². The lowest BCUT2D eigenvalue weighted by atomic mass is 10.2. The van der Waals surface area contributed by atoms with Gasteiger partial charge in [-0.05, 0) is 49.3 Å². The molecule has 1 aromatic rings. The van der Waals surface area contributed by atoms with Gasteiger partial charge in [-0.3, -0.25) is 0 Å². The van der Waals surface area contributed by atoms with Crippen molar-refractivity contribution in [1.82, 2.24) is 5.32 Å². The molecule has 2 aliphatic rings. The molecule has 102 valence electrons. The van der Waals surface area contributed by atoms with Crippen LogP contribution in [0.3, 0.4) is 0 Å². The number of hydrogen-bond donors (Lipinski definition) is 2. The summed E-state index contributed by atoms with van der Waals surface area (Å²) >= 11 is 5.26. The standard InChI is InChI=1S/C14H19N3OS/c19-14(15-11-1-2-11)16-12-3-5-13(6-4-12)17-7-9-18-10-8-17/h3-6,11H,1-2,7-10H2,(H2,15,16,19). The summed E-state index contributed by atoms with van der Waals surface area (Å²) in [6.45, 7) is 3.56. The summed E-state index contributed by atoms with van der Waals surface area (Å²) < 4.78 is 5.36. The fourth-order valence-electron chi connectivity index (χ4n) is 2.16. The van der Waals surface area contributed by atoms with Crippen LogP contribution in [0, 0.1) is 0 Å². The van der Waals surface area contributed by atoms with Gasteiger partial charge in [-0.25, -0.2) is 0 Å². The van der Waals surface area contributed by atoms with Gasteiger partial charge >= 0.3 is 0 Å². The molecule has 1 saturated carbocycles. The van der Waals surface area contributed by atoms with Crippen LogP contribution >= 0.6 is 12.2 Å². The first-order valence-corrected chi connectivity index (χ1v) is 7.22. The predicted octanol–water partition coefficient (Wildman–Crippen LogP) is 1.97. The third-order valence-electron chi connectivity index (χ3n) is 3.41. The molecule has 0 spiro atoms. The quantitative estimate of drug-likeness (QED) is 0.826. The van der Waals surface area contributed by atoms with Gasteiger partial charge in [0.1, 0.15) is 0 Å². The minimum absolute atomic E-state index is 0.590. The summed E-state index contributed by atoms with van der Waals surface area (Å²) in [6.07, 6.45) is 2.47. The number of hydrogen-bond acceptors (Lipinski definition) is 3. The van der Waals surface area contributed by atoms with E-state index in [9.17, 15) is 0 Å². The van der Waals surface area contributed by atoms with Gasteiger partial charge in [-0.15, -0.1) is 0 Å². The molecule has 3 rings (SSSR count). The molecular weight excluding hydrogens is 258 g/mol. The molecule has 0 atom stereocenters. The van der Waals surface area contributed by atoms with Crippen molar-refractivity contribution in [1.29, 1.82) is 0 Å². The van der Waals surface area contributed by atoms with E-state index in [1.807, 2.05) is 0 Å². The number of benzene rings is 1. The molecule has 0 amide bonds. The third-order valence-corrected chi connectivity index (χ3v) is 3.63. The van der Waals surface area contributed by atoms with Crippen LogP contribution in [0.1, 0.15) is 12.8 Å². The van der Waals surface area contributed by atoms with Gasteiger partial charge in [0.05, 0.1) is 13.2 Å². The number of nitrogens with zero attached hydrogens (tertiary/aromatic N) is 1. The Balaban J connectivity index is 1.56. The zero-order valence-corrected chi connectivity index (χ0v) is 11.7. The van der Waals surface area contributed by atoms with E-state index in [0.29, 0.717) is 6.04 Å². The summed E-state index contributed by atoms with van der Waals surface area (Å²) in [5.41, 5.74) is 2.28. The van der Waals surface area contributed by atoms with Crippen LogP contribution in [0.5, 0.6) is 0 Å². The fraction of sp³-hybridized carbons (Fsp3) is 0.500. The van der Waals surface area contributed by atoms with Gasteiger partial charge in [0.25, 0.3) is 0 Å². The summed E-state index contributed by atoms with van der Waals surface area (Å²) in [5.74, 6) is 0. The van der Waals surface area contributed by atoms with Gasteiger partial charge < -0.3 is 20.3 Å². The SMILES string of the molecule is S=C(Nc1ccc(N2CCOCC2)cc1)NC1CC1. The predicted molar refractivity (Wildman–Crippen MR) is 81.9 cm³/mol. The summed E-state index contributed by atoms with van der Waals surface area (Å²) in [5, 5.41) is 7.22. The highest BCUT2D eigenvalue weighted by molar-refractivity contribution is 7.80. The number of anilines is 2. The molecule has 19 heavy (non-hydrogen) atoms. The molecule has 0 unspecified atom stereocenters. The minimum atomic E-state index is 0.590. The molecule has 1 aliphatic carbocycles. The second kappa shape index (κ2) is 5.75. The van der Waals surface area contributed by atoms with E-state index in [2.05, 4.69) is 39.8 Å². The zero-order valence-electron chi connectivity index (χ0n) is 10.9. The van der Waals surface area contributed by atoms with Crippen molar-refractivity contribution in [3.8, 4) is 0 Å². The van der Waals surface area contributed by atoms with Crippen molar-refractivity contribution in [2.75, 3.05) is 36.5 Å². The number of nitrogens with one attached hydrogen (secondary N) is 2. The lowest BCUT2D eigenvalue weighted by Crippen LogP contribution is -2.36. The lowest BCUT2D eigenvalue weighted by molar-refractivity contribution is 0.122. The lowest BCUT2D eigenvalue weighted by Gasteiger charge is -2.29. The molecule has 0 bridgehead atoms. The molecule has 1 aliphatic heterocycles. The Kier molecular flexibility index (Phi) is 3.84. The van der Waals surface area contributed by atoms with Crippen LogP contribution in [-0.4, -0.2) is 37.5 Å². The van der Waals surface area contributed by atoms with Crippen LogP contribution in [0.25, 0.3) is 0 Å². The Hall–Kier alpha value is -1.33. The summed E-state index contributed by atoms with van der Waals surface area (Å²) in [7, 11) is 0. The van der Waals surface area contributed by atoms with Crippen LogP contribution in [0.2, 0.25) is 0 Å². The molecule has 2 fully saturated rings. The van der Waals surface area contributed by atoms with E-state index in [1.54, 1.807) is 0 Å². The Bertz CT molecular complexity index is 439. The molecule has 5 heteroatoms. The van der Waals surface area contributed by atoms with Crippen molar-refractivity contribution in [3.05, 3.63) is 24.3 Å². The normalized spacial score (nSPS) is 19.1. The summed E-state index contributed by atoms with van der Waals surface area (Å²) in [6, 6.07) is 9.01. The van der Waals surface area contributed by atoms with E-state index >= 15 is 0 Å². The van der Waals surface area contributed by atoms with Gasteiger partial charge in [0.2, 0.25) is 0 Å². The highest BCUT2D eigenvalue weighted by Gasteiger charge is 2.21. The maximum Gasteiger partial charge on any atom is 0.170 e. The fourth-order valence-corrected chi connectivity index (χ4v) is 2.44. The number of rotatable bonds is 3. The third kappa shape index (κ3) is 3.58. The first-order valence-electron chi connectivity index (χ1n) is 6.81. The zero-order chi connectivity index (χ0) is 13.1. The van der Waals surface area contributed by atoms with E-state index in [-0.39, 0.29) is 0 Å². The van der Waals surface area contributed by atoms with Gasteiger partial charge in [0.15, 0.2) is 5.11 Å². The van der Waals surface area contributed by atoms with Gasteiger partial charge in [-0.2, -0.15) is 0 Å². The Morgan fingerprint density at radius 3 is 2.47 bits per heavy atom. The second-order valence-electron chi connectivity index (χ2n) is 5.02. The van der Waals surface area contributed by atoms with E-state index in [0.717, 1.165) is 37.1 Å². The van der Waals surface area contributed by atoms with E-state index in [1.165, 1.54) is 18.5 Å². The first-order chi connectivity index (χ1) is 9.31. The number of morpholine rings is 1. The topological polar surface area (TPSA) is 36.5 Å². The number of ether oxygens (including phenoxy) is 1. The molecule has 1 aromatic carbocycles. The highest BCUT2D eigenvalue weighted by atomic mass is 32.1. The molecule has 1 heterocycles.